The zero-order chi connectivity index (χ0) is 25.9. The van der Waals surface area contributed by atoms with Crippen molar-refractivity contribution in [2.75, 3.05) is 23.8 Å². The predicted molar refractivity (Wildman–Crippen MR) is 138 cm³/mol. The third kappa shape index (κ3) is 7.92. The van der Waals surface area contributed by atoms with Crippen LogP contribution in [0.3, 0.4) is 0 Å². The van der Waals surface area contributed by atoms with Gasteiger partial charge in [-0.25, -0.2) is 19.9 Å². The molecule has 1 aromatic carbocycles. The average molecular weight is 530 g/mol. The normalized spacial score (nSPS) is 10.3. The van der Waals surface area contributed by atoms with Crippen molar-refractivity contribution < 1.29 is 15.0 Å². The number of aliphatic hydroxyl groups is 2. The second kappa shape index (κ2) is 13.4. The van der Waals surface area contributed by atoms with E-state index < -0.39 is 0 Å². The van der Waals surface area contributed by atoms with Gasteiger partial charge in [0, 0.05) is 49.6 Å². The van der Waals surface area contributed by atoms with Gasteiger partial charge in [-0.3, -0.25) is 9.59 Å². The molecule has 0 aliphatic rings. The summed E-state index contributed by atoms with van der Waals surface area (Å²) < 4.78 is 0. The fraction of sp³-hybridized carbons (Fsp3) is 0.217. The number of para-hydroxylation sites is 1. The first-order chi connectivity index (χ1) is 17.4. The summed E-state index contributed by atoms with van der Waals surface area (Å²) in [7, 11) is 0. The van der Waals surface area contributed by atoms with Gasteiger partial charge < -0.3 is 25.8 Å². The number of nitrogens with zero attached hydrogens (tertiary/aromatic N) is 4. The molecule has 0 fully saturated rings. The molecule has 0 saturated carbocycles. The summed E-state index contributed by atoms with van der Waals surface area (Å²) in [5, 5.41) is 24.3. The van der Waals surface area contributed by atoms with Crippen LogP contribution in [0.15, 0.2) is 54.0 Å². The number of hydrogen-bond donors (Lipinski definition) is 5. The van der Waals surface area contributed by atoms with Crippen LogP contribution in [0, 0.1) is 6.92 Å². The van der Waals surface area contributed by atoms with E-state index in [1.807, 2.05) is 19.1 Å². The van der Waals surface area contributed by atoms with Crippen LogP contribution in [0.4, 0.5) is 16.6 Å². The number of aromatic nitrogens is 5. The van der Waals surface area contributed by atoms with Crippen molar-refractivity contribution in [1.82, 2.24) is 24.9 Å². The number of amides is 1. The van der Waals surface area contributed by atoms with Gasteiger partial charge in [-0.2, -0.15) is 0 Å². The van der Waals surface area contributed by atoms with E-state index in [-0.39, 0.29) is 24.7 Å². The van der Waals surface area contributed by atoms with Crippen LogP contribution in [-0.4, -0.2) is 54.3 Å². The second-order valence-corrected chi connectivity index (χ2v) is 8.72. The first kappa shape index (κ1) is 26.9. The van der Waals surface area contributed by atoms with E-state index in [0.717, 1.165) is 5.56 Å². The monoisotopic (exact) mass is 529 g/mol. The number of rotatable bonds is 8. The van der Waals surface area contributed by atoms with Crippen LogP contribution in [0.2, 0.25) is 5.02 Å². The summed E-state index contributed by atoms with van der Waals surface area (Å²) in [6.07, 6.45) is 5.11. The van der Waals surface area contributed by atoms with E-state index >= 15 is 0 Å². The van der Waals surface area contributed by atoms with Crippen LogP contribution < -0.4 is 16.2 Å². The Kier molecular flexibility index (Phi) is 10.0. The molecule has 4 aromatic rings. The number of H-pyrrole nitrogens is 1. The Labute approximate surface area is 215 Å². The van der Waals surface area contributed by atoms with E-state index in [0.29, 0.717) is 50.8 Å². The standard InChI is InChI=1S/C17H16ClN5O2S.C6H8N2O2/c1-10-3-2-4-12(18)15(10)23-16(25)13-8-19-17(26-13)22-14-7-11(5-6-24)20-9-21-14;9-2-1-5-3-6(10)8-4-7-5/h2-4,7-9,24H,5-6H2,1H3,(H,23,25)(H,19,20,21,22);3-4,9H,1-2H2,(H,7,8,10). The largest absolute Gasteiger partial charge is 0.396 e. The molecule has 0 saturated heterocycles. The smallest absolute Gasteiger partial charge is 0.267 e. The summed E-state index contributed by atoms with van der Waals surface area (Å²) in [6, 6.07) is 8.53. The highest BCUT2D eigenvalue weighted by molar-refractivity contribution is 7.17. The summed E-state index contributed by atoms with van der Waals surface area (Å²) in [5.74, 6) is 0.266. The van der Waals surface area contributed by atoms with Gasteiger partial charge >= 0.3 is 0 Å². The summed E-state index contributed by atoms with van der Waals surface area (Å²) in [4.78, 5) is 42.0. The van der Waals surface area contributed by atoms with Crippen LogP contribution in [0.25, 0.3) is 0 Å². The maximum atomic E-state index is 12.4. The Morgan fingerprint density at radius 1 is 1.08 bits per heavy atom. The number of nitrogens with one attached hydrogen (secondary N) is 3. The number of halogens is 1. The van der Waals surface area contributed by atoms with Gasteiger partial charge in [0.25, 0.3) is 11.5 Å². The zero-order valence-electron chi connectivity index (χ0n) is 19.2. The van der Waals surface area contributed by atoms with Crippen molar-refractivity contribution in [2.24, 2.45) is 0 Å². The predicted octanol–water partition coefficient (Wildman–Crippen LogP) is 2.73. The van der Waals surface area contributed by atoms with E-state index in [2.05, 4.69) is 35.6 Å². The minimum atomic E-state index is -0.282. The van der Waals surface area contributed by atoms with E-state index in [1.165, 1.54) is 36.3 Å². The Balaban J connectivity index is 0.000000303. The third-order valence-electron chi connectivity index (χ3n) is 4.62. The number of carbonyl (C=O) groups is 1. The number of anilines is 3. The minimum Gasteiger partial charge on any atom is -0.396 e. The number of aliphatic hydroxyl groups excluding tert-OH is 2. The van der Waals surface area contributed by atoms with E-state index in [1.54, 1.807) is 12.1 Å². The number of aryl methyl sites for hydroxylation is 1. The lowest BCUT2D eigenvalue weighted by atomic mass is 10.2. The molecular weight excluding hydrogens is 506 g/mol. The number of benzene rings is 1. The highest BCUT2D eigenvalue weighted by Crippen LogP contribution is 2.27. The van der Waals surface area contributed by atoms with E-state index in [9.17, 15) is 9.59 Å². The van der Waals surface area contributed by atoms with Crippen molar-refractivity contribution in [1.29, 1.82) is 0 Å². The molecule has 1 amide bonds. The molecule has 11 nitrogen and oxygen atoms in total. The lowest BCUT2D eigenvalue weighted by molar-refractivity contribution is 0.103. The number of thiazole rings is 1. The molecule has 3 heterocycles. The first-order valence-corrected chi connectivity index (χ1v) is 11.9. The van der Waals surface area contributed by atoms with Crippen LogP contribution in [0.1, 0.15) is 26.6 Å². The van der Waals surface area contributed by atoms with Crippen molar-refractivity contribution >= 4 is 45.5 Å². The topological polar surface area (TPSA) is 166 Å². The maximum Gasteiger partial charge on any atom is 0.267 e. The first-order valence-electron chi connectivity index (χ1n) is 10.7. The Morgan fingerprint density at radius 2 is 1.83 bits per heavy atom. The van der Waals surface area contributed by atoms with E-state index in [4.69, 9.17) is 21.8 Å². The Hall–Kier alpha value is -3.71. The highest BCUT2D eigenvalue weighted by Gasteiger charge is 2.14. The molecule has 0 aliphatic heterocycles. The van der Waals surface area contributed by atoms with Crippen molar-refractivity contribution in [2.45, 2.75) is 19.8 Å². The molecular formula is C23H24ClN7O4S. The summed E-state index contributed by atoms with van der Waals surface area (Å²) in [6.45, 7) is 1.91. The molecule has 13 heteroatoms. The molecule has 0 spiro atoms. The average Bonchev–Trinajstić information content (AvgIpc) is 3.31. The molecule has 188 valence electrons. The lowest BCUT2D eigenvalue weighted by Crippen LogP contribution is -2.11. The number of hydrogen-bond acceptors (Lipinski definition) is 10. The third-order valence-corrected chi connectivity index (χ3v) is 5.85. The minimum absolute atomic E-state index is 0.0134. The van der Waals surface area contributed by atoms with Gasteiger partial charge in [-0.15, -0.1) is 0 Å². The van der Waals surface area contributed by atoms with Crippen LogP contribution in [-0.2, 0) is 12.8 Å². The van der Waals surface area contributed by atoms with Gasteiger partial charge in [0.05, 0.1) is 23.2 Å². The molecule has 0 unspecified atom stereocenters. The molecule has 36 heavy (non-hydrogen) atoms. The number of carbonyl (C=O) groups excluding carboxylic acids is 1. The quantitative estimate of drug-likeness (QED) is 0.230. The maximum absolute atomic E-state index is 12.4. The molecule has 0 radical (unpaired) electrons. The zero-order valence-corrected chi connectivity index (χ0v) is 20.8. The van der Waals surface area contributed by atoms with Crippen molar-refractivity contribution in [3.8, 4) is 0 Å². The lowest BCUT2D eigenvalue weighted by Gasteiger charge is -2.08. The fourth-order valence-corrected chi connectivity index (χ4v) is 3.88. The Morgan fingerprint density at radius 3 is 2.53 bits per heavy atom. The van der Waals surface area contributed by atoms with Crippen LogP contribution >= 0.6 is 22.9 Å². The van der Waals surface area contributed by atoms with Gasteiger partial charge in [0.1, 0.15) is 17.0 Å². The summed E-state index contributed by atoms with van der Waals surface area (Å²) >= 11 is 7.34. The van der Waals surface area contributed by atoms with Gasteiger partial charge in [0.15, 0.2) is 5.13 Å². The Bertz CT molecular complexity index is 1340. The van der Waals surface area contributed by atoms with Gasteiger partial charge in [-0.05, 0) is 18.6 Å². The molecule has 0 aliphatic carbocycles. The SMILES string of the molecule is Cc1cccc(Cl)c1NC(=O)c1cnc(Nc2cc(CCO)ncn2)s1.O=c1cc(CCO)nc[nH]1. The van der Waals surface area contributed by atoms with Crippen molar-refractivity contribution in [3.63, 3.8) is 0 Å². The molecule has 4 rings (SSSR count). The second-order valence-electron chi connectivity index (χ2n) is 7.28. The molecule has 3 aromatic heterocycles. The summed E-state index contributed by atoms with van der Waals surface area (Å²) in [5.41, 5.74) is 2.62. The molecule has 0 atom stereocenters. The number of aromatic amines is 1. The molecule has 5 N–H and O–H groups in total. The molecule has 0 bridgehead atoms. The fourth-order valence-electron chi connectivity index (χ4n) is 2.89. The van der Waals surface area contributed by atoms with Gasteiger partial charge in [-0.1, -0.05) is 35.1 Å². The van der Waals surface area contributed by atoms with Crippen LogP contribution in [0.5, 0.6) is 0 Å². The highest BCUT2D eigenvalue weighted by atomic mass is 35.5. The van der Waals surface area contributed by atoms with Gasteiger partial charge in [0.2, 0.25) is 0 Å². The van der Waals surface area contributed by atoms with Crippen molar-refractivity contribution in [3.05, 3.63) is 86.4 Å².